The minimum absolute atomic E-state index is 0.320. The molecule has 1 aromatic heterocycles. The van der Waals surface area contributed by atoms with Crippen molar-refractivity contribution in [3.05, 3.63) is 12.0 Å². The number of hydrogen-bond donors (Lipinski definition) is 1. The van der Waals surface area contributed by atoms with Gasteiger partial charge in [0, 0.05) is 25.7 Å². The first kappa shape index (κ1) is 14.5. The minimum atomic E-state index is -0.320. The molecule has 0 bridgehead atoms. The molecule has 0 amide bonds. The van der Waals surface area contributed by atoms with Gasteiger partial charge in [0.2, 0.25) is 5.95 Å². The van der Waals surface area contributed by atoms with E-state index in [9.17, 15) is 4.39 Å². The van der Waals surface area contributed by atoms with Crippen molar-refractivity contribution in [2.45, 2.75) is 38.6 Å². The average Bonchev–Trinajstić information content (AvgIpc) is 3.17. The SMILES string of the molecule is CCCNc1ncc(F)c(N2CCC(N3CCCC3)C2)n1. The normalized spacial score (nSPS) is 23.0. The van der Waals surface area contributed by atoms with Gasteiger partial charge in [-0.2, -0.15) is 4.98 Å². The van der Waals surface area contributed by atoms with Gasteiger partial charge in [0.15, 0.2) is 11.6 Å². The summed E-state index contributed by atoms with van der Waals surface area (Å²) in [5.41, 5.74) is 0. The van der Waals surface area contributed by atoms with Gasteiger partial charge in [0.1, 0.15) is 0 Å². The van der Waals surface area contributed by atoms with Crippen LogP contribution >= 0.6 is 0 Å². The molecule has 1 N–H and O–H groups in total. The summed E-state index contributed by atoms with van der Waals surface area (Å²) in [6.45, 7) is 7.02. The van der Waals surface area contributed by atoms with Crippen LogP contribution in [0.2, 0.25) is 0 Å². The lowest BCUT2D eigenvalue weighted by Gasteiger charge is -2.24. The molecule has 3 heterocycles. The molecular formula is C15H24FN5. The second-order valence-corrected chi connectivity index (χ2v) is 5.92. The number of halogens is 1. The quantitative estimate of drug-likeness (QED) is 0.901. The lowest BCUT2D eigenvalue weighted by atomic mass is 10.2. The molecule has 0 saturated carbocycles. The fourth-order valence-corrected chi connectivity index (χ4v) is 3.24. The number of nitrogens with zero attached hydrogens (tertiary/aromatic N) is 4. The molecule has 2 aliphatic rings. The standard InChI is InChI=1S/C15H24FN5/c1-2-6-17-15-18-10-13(16)14(19-15)21-9-5-12(11-21)20-7-3-4-8-20/h10,12H,2-9,11H2,1H3,(H,17,18,19). The molecule has 116 valence electrons. The van der Waals surface area contributed by atoms with Gasteiger partial charge >= 0.3 is 0 Å². The maximum atomic E-state index is 14.0. The summed E-state index contributed by atoms with van der Waals surface area (Å²) >= 11 is 0. The number of nitrogens with one attached hydrogen (secondary N) is 1. The van der Waals surface area contributed by atoms with Gasteiger partial charge < -0.3 is 10.2 Å². The fourth-order valence-electron chi connectivity index (χ4n) is 3.24. The molecular weight excluding hydrogens is 269 g/mol. The Morgan fingerprint density at radius 2 is 2.14 bits per heavy atom. The van der Waals surface area contributed by atoms with E-state index in [1.165, 1.54) is 32.1 Å². The largest absolute Gasteiger partial charge is 0.354 e. The molecule has 1 aromatic rings. The van der Waals surface area contributed by atoms with E-state index in [2.05, 4.69) is 32.0 Å². The van der Waals surface area contributed by atoms with E-state index in [0.717, 1.165) is 32.5 Å². The summed E-state index contributed by atoms with van der Waals surface area (Å²) in [4.78, 5) is 13.0. The zero-order valence-electron chi connectivity index (χ0n) is 12.7. The van der Waals surface area contributed by atoms with E-state index in [0.29, 0.717) is 17.8 Å². The highest BCUT2D eigenvalue weighted by Gasteiger charge is 2.31. The summed E-state index contributed by atoms with van der Waals surface area (Å²) in [6, 6.07) is 0.550. The van der Waals surface area contributed by atoms with Crippen molar-refractivity contribution >= 4 is 11.8 Å². The van der Waals surface area contributed by atoms with Crippen molar-refractivity contribution < 1.29 is 4.39 Å². The van der Waals surface area contributed by atoms with Crippen LogP contribution in [0.1, 0.15) is 32.6 Å². The predicted octanol–water partition coefficient (Wildman–Crippen LogP) is 2.11. The lowest BCUT2D eigenvalue weighted by Crippen LogP contribution is -2.35. The molecule has 0 aliphatic carbocycles. The number of aromatic nitrogens is 2. The topological polar surface area (TPSA) is 44.3 Å². The Morgan fingerprint density at radius 3 is 2.90 bits per heavy atom. The number of rotatable bonds is 5. The molecule has 6 heteroatoms. The predicted molar refractivity (Wildman–Crippen MR) is 82.2 cm³/mol. The Morgan fingerprint density at radius 1 is 1.33 bits per heavy atom. The van der Waals surface area contributed by atoms with Gasteiger partial charge in [-0.15, -0.1) is 0 Å². The third kappa shape index (κ3) is 3.26. The van der Waals surface area contributed by atoms with Crippen LogP contribution in [-0.2, 0) is 0 Å². The first-order chi connectivity index (χ1) is 10.3. The minimum Gasteiger partial charge on any atom is -0.354 e. The smallest absolute Gasteiger partial charge is 0.224 e. The molecule has 2 fully saturated rings. The van der Waals surface area contributed by atoms with Crippen LogP contribution in [-0.4, -0.2) is 53.6 Å². The molecule has 0 radical (unpaired) electrons. The zero-order chi connectivity index (χ0) is 14.7. The molecule has 21 heavy (non-hydrogen) atoms. The molecule has 0 spiro atoms. The third-order valence-corrected chi connectivity index (χ3v) is 4.38. The molecule has 2 aliphatic heterocycles. The molecule has 1 atom stereocenters. The van der Waals surface area contributed by atoms with Gasteiger partial charge in [-0.25, -0.2) is 9.37 Å². The summed E-state index contributed by atoms with van der Waals surface area (Å²) in [5, 5.41) is 3.13. The summed E-state index contributed by atoms with van der Waals surface area (Å²) in [7, 11) is 0. The van der Waals surface area contributed by atoms with Crippen molar-refractivity contribution in [2.24, 2.45) is 0 Å². The second-order valence-electron chi connectivity index (χ2n) is 5.92. The number of anilines is 2. The number of likely N-dealkylation sites (tertiary alicyclic amines) is 1. The average molecular weight is 293 g/mol. The molecule has 5 nitrogen and oxygen atoms in total. The van der Waals surface area contributed by atoms with Gasteiger partial charge in [-0.05, 0) is 38.8 Å². The van der Waals surface area contributed by atoms with Crippen LogP contribution in [0.5, 0.6) is 0 Å². The highest BCUT2D eigenvalue weighted by atomic mass is 19.1. The van der Waals surface area contributed by atoms with Crippen molar-refractivity contribution in [1.82, 2.24) is 14.9 Å². The van der Waals surface area contributed by atoms with Gasteiger partial charge in [-0.3, -0.25) is 4.90 Å². The van der Waals surface area contributed by atoms with E-state index in [4.69, 9.17) is 0 Å². The summed E-state index contributed by atoms with van der Waals surface area (Å²) in [5.74, 6) is 0.655. The Balaban J connectivity index is 1.68. The van der Waals surface area contributed by atoms with Crippen LogP contribution in [0.15, 0.2) is 6.20 Å². The van der Waals surface area contributed by atoms with E-state index in [1.54, 1.807) is 0 Å². The van der Waals surface area contributed by atoms with Crippen molar-refractivity contribution in [3.63, 3.8) is 0 Å². The maximum Gasteiger partial charge on any atom is 0.224 e. The van der Waals surface area contributed by atoms with Gasteiger partial charge in [-0.1, -0.05) is 6.92 Å². The first-order valence-electron chi connectivity index (χ1n) is 8.03. The van der Waals surface area contributed by atoms with Crippen molar-refractivity contribution in [1.29, 1.82) is 0 Å². The third-order valence-electron chi connectivity index (χ3n) is 4.38. The molecule has 0 aromatic carbocycles. The van der Waals surface area contributed by atoms with Crippen LogP contribution in [0.3, 0.4) is 0 Å². The maximum absolute atomic E-state index is 14.0. The van der Waals surface area contributed by atoms with Gasteiger partial charge in [0.25, 0.3) is 0 Å². The Hall–Kier alpha value is -1.43. The lowest BCUT2D eigenvalue weighted by molar-refractivity contribution is 0.260. The highest BCUT2D eigenvalue weighted by Crippen LogP contribution is 2.26. The second kappa shape index (κ2) is 6.56. The number of hydrogen-bond acceptors (Lipinski definition) is 5. The van der Waals surface area contributed by atoms with Crippen LogP contribution in [0.4, 0.5) is 16.2 Å². The van der Waals surface area contributed by atoms with Crippen LogP contribution < -0.4 is 10.2 Å². The van der Waals surface area contributed by atoms with Crippen molar-refractivity contribution in [3.8, 4) is 0 Å². The zero-order valence-corrected chi connectivity index (χ0v) is 12.7. The Bertz CT molecular complexity index is 475. The molecule has 2 saturated heterocycles. The Labute approximate surface area is 125 Å². The van der Waals surface area contributed by atoms with Crippen molar-refractivity contribution in [2.75, 3.05) is 42.9 Å². The highest BCUT2D eigenvalue weighted by molar-refractivity contribution is 5.45. The summed E-state index contributed by atoms with van der Waals surface area (Å²) < 4.78 is 14.0. The molecule has 3 rings (SSSR count). The van der Waals surface area contributed by atoms with Crippen LogP contribution in [0, 0.1) is 5.82 Å². The van der Waals surface area contributed by atoms with Crippen LogP contribution in [0.25, 0.3) is 0 Å². The molecule has 1 unspecified atom stereocenters. The van der Waals surface area contributed by atoms with E-state index in [1.807, 2.05) is 0 Å². The van der Waals surface area contributed by atoms with E-state index < -0.39 is 0 Å². The first-order valence-corrected chi connectivity index (χ1v) is 8.03. The van der Waals surface area contributed by atoms with Gasteiger partial charge in [0.05, 0.1) is 6.20 Å². The van der Waals surface area contributed by atoms with E-state index >= 15 is 0 Å². The fraction of sp³-hybridized carbons (Fsp3) is 0.733. The van der Waals surface area contributed by atoms with E-state index in [-0.39, 0.29) is 5.82 Å². The Kier molecular flexibility index (Phi) is 4.53. The monoisotopic (exact) mass is 293 g/mol. The summed E-state index contributed by atoms with van der Waals surface area (Å²) in [6.07, 6.45) is 5.97.